The maximum Gasteiger partial charge on any atom is 0.00571 e. The third-order valence-corrected chi connectivity index (χ3v) is 2.12. The van der Waals surface area contributed by atoms with E-state index in [2.05, 4.69) is 55.8 Å². The summed E-state index contributed by atoms with van der Waals surface area (Å²) in [5.74, 6) is 0. The third kappa shape index (κ3) is 1.20. The Labute approximate surface area is 73.2 Å². The van der Waals surface area contributed by atoms with Gasteiger partial charge < -0.3 is 0 Å². The first kappa shape index (κ1) is 7.35. The highest BCUT2D eigenvalue weighted by molar-refractivity contribution is 5.79. The molecule has 0 aliphatic heterocycles. The van der Waals surface area contributed by atoms with Crippen molar-refractivity contribution in [2.24, 2.45) is 0 Å². The topological polar surface area (TPSA) is 0 Å². The van der Waals surface area contributed by atoms with Crippen molar-refractivity contribution in [2.45, 2.75) is 6.92 Å². The van der Waals surface area contributed by atoms with E-state index in [4.69, 9.17) is 0 Å². The zero-order valence-electron chi connectivity index (χ0n) is 7.12. The molecule has 0 fully saturated rings. The van der Waals surface area contributed by atoms with E-state index >= 15 is 0 Å². The van der Waals surface area contributed by atoms with E-state index in [9.17, 15) is 0 Å². The van der Waals surface area contributed by atoms with Gasteiger partial charge in [0.25, 0.3) is 0 Å². The molecular weight excluding hydrogens is 144 g/mol. The molecule has 0 atom stereocenters. The van der Waals surface area contributed by atoms with Gasteiger partial charge in [0, 0.05) is 6.42 Å². The molecule has 2 rings (SSSR count). The standard InChI is InChI=1S/C12H11/c1-10-6-2-5-9-12(10)11-7-3-4-8-11/h2-9H,1H3. The minimum Gasteiger partial charge on any atom is -0.0761 e. The maximum absolute atomic E-state index is 2.16. The largest absolute Gasteiger partial charge is 0.0761 e. The SMILES string of the molecule is Cc1ccccc1C1=C[CH]C=C1. The predicted octanol–water partition coefficient (Wildman–Crippen LogP) is 3.15. The molecule has 0 amide bonds. The van der Waals surface area contributed by atoms with Crippen LogP contribution in [0, 0.1) is 13.3 Å². The molecule has 59 valence electrons. The van der Waals surface area contributed by atoms with Crippen LogP contribution in [0.4, 0.5) is 0 Å². The monoisotopic (exact) mass is 155 g/mol. The molecule has 0 spiro atoms. The molecule has 0 saturated heterocycles. The van der Waals surface area contributed by atoms with Gasteiger partial charge in [-0.3, -0.25) is 0 Å². The minimum atomic E-state index is 1.31. The Kier molecular flexibility index (Phi) is 1.83. The van der Waals surface area contributed by atoms with Crippen molar-refractivity contribution >= 4 is 5.57 Å². The van der Waals surface area contributed by atoms with E-state index < -0.39 is 0 Å². The van der Waals surface area contributed by atoms with E-state index in [0.717, 1.165) is 0 Å². The molecule has 1 aromatic rings. The van der Waals surface area contributed by atoms with E-state index in [1.165, 1.54) is 16.7 Å². The molecule has 1 aliphatic carbocycles. The average Bonchev–Trinajstić information content (AvgIpc) is 2.57. The van der Waals surface area contributed by atoms with Gasteiger partial charge in [0.2, 0.25) is 0 Å². The van der Waals surface area contributed by atoms with Crippen LogP contribution in [-0.4, -0.2) is 0 Å². The molecule has 0 heteroatoms. The number of hydrogen-bond acceptors (Lipinski definition) is 0. The lowest BCUT2D eigenvalue weighted by Gasteiger charge is -2.03. The van der Waals surface area contributed by atoms with Crippen LogP contribution in [0.3, 0.4) is 0 Å². The molecule has 0 aromatic heterocycles. The first-order chi connectivity index (χ1) is 5.88. The summed E-state index contributed by atoms with van der Waals surface area (Å²) >= 11 is 0. The number of allylic oxidation sites excluding steroid dienone is 4. The normalized spacial score (nSPS) is 14.9. The summed E-state index contributed by atoms with van der Waals surface area (Å²) in [6.07, 6.45) is 8.42. The van der Waals surface area contributed by atoms with Gasteiger partial charge >= 0.3 is 0 Å². The average molecular weight is 155 g/mol. The Bertz CT molecular complexity index is 343. The molecule has 1 radical (unpaired) electrons. The van der Waals surface area contributed by atoms with Crippen molar-refractivity contribution in [1.29, 1.82) is 0 Å². The van der Waals surface area contributed by atoms with Crippen LogP contribution in [-0.2, 0) is 0 Å². The fraction of sp³-hybridized carbons (Fsp3) is 0.0833. The fourth-order valence-electron chi connectivity index (χ4n) is 1.45. The molecule has 0 saturated carbocycles. The molecule has 0 heterocycles. The van der Waals surface area contributed by atoms with Crippen LogP contribution in [0.5, 0.6) is 0 Å². The smallest absolute Gasteiger partial charge is 0.00571 e. The maximum atomic E-state index is 2.16. The summed E-state index contributed by atoms with van der Waals surface area (Å²) in [4.78, 5) is 0. The highest BCUT2D eigenvalue weighted by Gasteiger charge is 2.02. The molecular formula is C12H11. The first-order valence-corrected chi connectivity index (χ1v) is 4.15. The Morgan fingerprint density at radius 1 is 1.08 bits per heavy atom. The van der Waals surface area contributed by atoms with Gasteiger partial charge in [0.15, 0.2) is 0 Å². The summed E-state index contributed by atoms with van der Waals surface area (Å²) < 4.78 is 0. The van der Waals surface area contributed by atoms with Gasteiger partial charge in [0.05, 0.1) is 0 Å². The summed E-state index contributed by atoms with van der Waals surface area (Å²) in [6.45, 7) is 2.14. The molecule has 0 N–H and O–H groups in total. The summed E-state index contributed by atoms with van der Waals surface area (Å²) in [5.41, 5.74) is 3.99. The quantitative estimate of drug-likeness (QED) is 0.584. The van der Waals surface area contributed by atoms with Gasteiger partial charge in [-0.2, -0.15) is 0 Å². The van der Waals surface area contributed by atoms with E-state index in [-0.39, 0.29) is 0 Å². The van der Waals surface area contributed by atoms with Crippen molar-refractivity contribution in [2.75, 3.05) is 0 Å². The zero-order valence-corrected chi connectivity index (χ0v) is 7.12. The molecule has 1 aliphatic rings. The summed E-state index contributed by atoms with van der Waals surface area (Å²) in [5, 5.41) is 0. The second-order valence-corrected chi connectivity index (χ2v) is 2.99. The zero-order chi connectivity index (χ0) is 8.39. The minimum absolute atomic E-state index is 1.31. The first-order valence-electron chi connectivity index (χ1n) is 4.15. The highest BCUT2D eigenvalue weighted by Crippen LogP contribution is 2.23. The second kappa shape index (κ2) is 2.98. The second-order valence-electron chi connectivity index (χ2n) is 2.99. The van der Waals surface area contributed by atoms with Crippen molar-refractivity contribution in [1.82, 2.24) is 0 Å². The number of hydrogen-bond donors (Lipinski definition) is 0. The van der Waals surface area contributed by atoms with Crippen LogP contribution in [0.15, 0.2) is 42.5 Å². The number of aryl methyl sites for hydroxylation is 1. The number of rotatable bonds is 1. The third-order valence-electron chi connectivity index (χ3n) is 2.12. The molecule has 0 bridgehead atoms. The van der Waals surface area contributed by atoms with Gasteiger partial charge in [0.1, 0.15) is 0 Å². The van der Waals surface area contributed by atoms with Crippen LogP contribution < -0.4 is 0 Å². The fourth-order valence-corrected chi connectivity index (χ4v) is 1.45. The van der Waals surface area contributed by atoms with Crippen molar-refractivity contribution in [3.05, 3.63) is 60.0 Å². The predicted molar refractivity (Wildman–Crippen MR) is 52.6 cm³/mol. The van der Waals surface area contributed by atoms with E-state index in [1.54, 1.807) is 0 Å². The van der Waals surface area contributed by atoms with Crippen molar-refractivity contribution < 1.29 is 0 Å². The lowest BCUT2D eigenvalue weighted by atomic mass is 10.0. The van der Waals surface area contributed by atoms with Gasteiger partial charge in [-0.15, -0.1) is 0 Å². The lowest BCUT2D eigenvalue weighted by molar-refractivity contribution is 1.43. The Morgan fingerprint density at radius 2 is 1.92 bits per heavy atom. The Hall–Kier alpha value is -1.30. The number of benzene rings is 1. The van der Waals surface area contributed by atoms with Gasteiger partial charge in [-0.05, 0) is 23.6 Å². The summed E-state index contributed by atoms with van der Waals surface area (Å²) in [6, 6.07) is 8.45. The van der Waals surface area contributed by atoms with Crippen molar-refractivity contribution in [3.8, 4) is 0 Å². The molecule has 0 unspecified atom stereocenters. The Morgan fingerprint density at radius 3 is 2.58 bits per heavy atom. The van der Waals surface area contributed by atoms with Gasteiger partial charge in [-0.25, -0.2) is 0 Å². The van der Waals surface area contributed by atoms with Crippen LogP contribution in [0.1, 0.15) is 11.1 Å². The molecule has 1 aromatic carbocycles. The van der Waals surface area contributed by atoms with Crippen molar-refractivity contribution in [3.63, 3.8) is 0 Å². The molecule has 12 heavy (non-hydrogen) atoms. The van der Waals surface area contributed by atoms with Crippen LogP contribution >= 0.6 is 0 Å². The van der Waals surface area contributed by atoms with E-state index in [1.807, 2.05) is 0 Å². The van der Waals surface area contributed by atoms with Gasteiger partial charge in [-0.1, -0.05) is 42.5 Å². The lowest BCUT2D eigenvalue weighted by Crippen LogP contribution is -1.83. The van der Waals surface area contributed by atoms with E-state index in [0.29, 0.717) is 0 Å². The molecule has 0 nitrogen and oxygen atoms in total. The summed E-state index contributed by atoms with van der Waals surface area (Å²) in [7, 11) is 0. The Balaban J connectivity index is 2.46. The van der Waals surface area contributed by atoms with Crippen LogP contribution in [0.2, 0.25) is 0 Å². The highest BCUT2D eigenvalue weighted by atomic mass is 14.1. The van der Waals surface area contributed by atoms with Crippen LogP contribution in [0.25, 0.3) is 5.57 Å².